The molecule has 3 heterocycles. The van der Waals surface area contributed by atoms with Gasteiger partial charge < -0.3 is 15.4 Å². The summed E-state index contributed by atoms with van der Waals surface area (Å²) in [6, 6.07) is 15.8. The zero-order valence-corrected chi connectivity index (χ0v) is 32.7. The molecule has 3 N–H and O–H groups in total. The van der Waals surface area contributed by atoms with Gasteiger partial charge in [-0.25, -0.2) is 17.8 Å². The van der Waals surface area contributed by atoms with Gasteiger partial charge in [0.1, 0.15) is 16.6 Å². The quantitative estimate of drug-likeness (QED) is 0.121. The van der Waals surface area contributed by atoms with Crippen LogP contribution in [0.15, 0.2) is 65.7 Å². The van der Waals surface area contributed by atoms with Gasteiger partial charge in [-0.2, -0.15) is 4.98 Å². The number of nitrogens with zero attached hydrogens (tertiary/aromatic N) is 3. The first-order valence-corrected chi connectivity index (χ1v) is 20.2. The average Bonchev–Trinajstić information content (AvgIpc) is 3.11. The summed E-state index contributed by atoms with van der Waals surface area (Å²) in [5.74, 6) is -0.384. The van der Waals surface area contributed by atoms with Gasteiger partial charge >= 0.3 is 0 Å². The first-order chi connectivity index (χ1) is 25.7. The molecule has 2 fully saturated rings. The molecule has 1 unspecified atom stereocenters. The molecule has 2 aliphatic rings. The first-order valence-electron chi connectivity index (χ1n) is 18.2. The summed E-state index contributed by atoms with van der Waals surface area (Å²) in [6.07, 6.45) is 3.69. The topological polar surface area (TPSA) is 143 Å². The van der Waals surface area contributed by atoms with Gasteiger partial charge in [-0.3, -0.25) is 19.8 Å². The summed E-state index contributed by atoms with van der Waals surface area (Å²) in [6.45, 7) is 11.5. The molecule has 286 valence electrons. The molecule has 54 heavy (non-hydrogen) atoms. The molecule has 2 amide bonds. The standard InChI is InChI=1S/C40H46ClFN6O5S/c1-23(2)53-35-20-30(27-14-16-48(17-15-27)22-26-10-11-28(32(42)19-26)29-12-13-37(49)46-39(29)50)25(5)18-34(35)45-40-43-21-31(41)38(47-40)44-33-8-6-7-9-36(33)54(51,52)24(3)4/h6-11,18-21,23-24,27,29H,12-17,22H2,1-5H3,(H,46,49,50)(H2,43,44,45,47). The Morgan fingerprint density at radius 2 is 1.72 bits per heavy atom. The van der Waals surface area contributed by atoms with E-state index in [2.05, 4.69) is 43.8 Å². The number of carbonyl (C=O) groups is 2. The van der Waals surface area contributed by atoms with E-state index in [-0.39, 0.29) is 40.1 Å². The van der Waals surface area contributed by atoms with Gasteiger partial charge in [-0.1, -0.05) is 35.9 Å². The monoisotopic (exact) mass is 776 g/mol. The Morgan fingerprint density at radius 1 is 0.981 bits per heavy atom. The second-order valence-electron chi connectivity index (χ2n) is 14.5. The summed E-state index contributed by atoms with van der Waals surface area (Å²) in [5.41, 5.74) is 4.49. The molecule has 14 heteroatoms. The highest BCUT2D eigenvalue weighted by atomic mass is 35.5. The molecule has 4 aromatic rings. The molecule has 1 atom stereocenters. The van der Waals surface area contributed by atoms with Crippen LogP contribution in [-0.4, -0.2) is 59.5 Å². The predicted octanol–water partition coefficient (Wildman–Crippen LogP) is 7.93. The van der Waals surface area contributed by atoms with Gasteiger partial charge in [0.25, 0.3) is 0 Å². The van der Waals surface area contributed by atoms with Gasteiger partial charge in [0.2, 0.25) is 17.8 Å². The number of halogens is 2. The highest BCUT2D eigenvalue weighted by molar-refractivity contribution is 7.92. The lowest BCUT2D eigenvalue weighted by molar-refractivity contribution is -0.134. The Labute approximate surface area is 321 Å². The number of para-hydroxylation sites is 1. The fraction of sp³-hybridized carbons (Fsp3) is 0.400. The van der Waals surface area contributed by atoms with E-state index in [0.29, 0.717) is 41.6 Å². The predicted molar refractivity (Wildman–Crippen MR) is 208 cm³/mol. The third-order valence-corrected chi connectivity index (χ3v) is 12.4. The molecule has 0 bridgehead atoms. The molecular weight excluding hydrogens is 731 g/mol. The van der Waals surface area contributed by atoms with Crippen molar-refractivity contribution in [3.8, 4) is 5.75 Å². The zero-order chi connectivity index (χ0) is 38.7. The molecule has 1 aromatic heterocycles. The summed E-state index contributed by atoms with van der Waals surface area (Å²) in [4.78, 5) is 35.3. The smallest absolute Gasteiger partial charge is 0.234 e. The van der Waals surface area contributed by atoms with Gasteiger partial charge in [0, 0.05) is 18.5 Å². The van der Waals surface area contributed by atoms with E-state index in [4.69, 9.17) is 16.3 Å². The minimum atomic E-state index is -3.58. The molecular formula is C40H46ClFN6O5S. The SMILES string of the molecule is Cc1cc(Nc2ncc(Cl)c(Nc3ccccc3S(=O)(=O)C(C)C)n2)c(OC(C)C)cc1C1CCN(Cc2ccc(C3CCC(=O)NC3=O)c(F)c2)CC1. The minimum absolute atomic E-state index is 0.104. The molecule has 0 aliphatic carbocycles. The number of piperidine rings is 2. The van der Waals surface area contributed by atoms with Crippen LogP contribution >= 0.6 is 11.6 Å². The Bertz CT molecular complexity index is 2160. The molecule has 0 spiro atoms. The lowest BCUT2D eigenvalue weighted by atomic mass is 9.86. The van der Waals surface area contributed by atoms with Crippen molar-refractivity contribution in [3.05, 3.63) is 93.9 Å². The number of aryl methyl sites for hydroxylation is 1. The molecule has 11 nitrogen and oxygen atoms in total. The molecule has 2 saturated heterocycles. The summed E-state index contributed by atoms with van der Waals surface area (Å²) >= 11 is 6.48. The van der Waals surface area contributed by atoms with Gasteiger partial charge in [0.15, 0.2) is 15.7 Å². The number of hydrogen-bond donors (Lipinski definition) is 3. The molecule has 2 aliphatic heterocycles. The lowest BCUT2D eigenvalue weighted by Gasteiger charge is -2.33. The lowest BCUT2D eigenvalue weighted by Crippen LogP contribution is -2.39. The number of anilines is 4. The number of sulfone groups is 1. The number of likely N-dealkylation sites (tertiary alicyclic amines) is 1. The fourth-order valence-corrected chi connectivity index (χ4v) is 8.37. The van der Waals surface area contributed by atoms with Crippen molar-refractivity contribution in [1.29, 1.82) is 0 Å². The number of ether oxygens (including phenoxy) is 1. The maximum atomic E-state index is 15.2. The van der Waals surface area contributed by atoms with E-state index in [9.17, 15) is 18.0 Å². The van der Waals surface area contributed by atoms with Crippen LogP contribution in [0, 0.1) is 12.7 Å². The Balaban J connectivity index is 1.15. The number of nitrogens with one attached hydrogen (secondary N) is 3. The second-order valence-corrected chi connectivity index (χ2v) is 17.4. The summed E-state index contributed by atoms with van der Waals surface area (Å²) in [5, 5.41) is 8.32. The molecule has 6 rings (SSSR count). The Kier molecular flexibility index (Phi) is 11.9. The number of benzene rings is 3. The minimum Gasteiger partial charge on any atom is -0.489 e. The number of hydrogen-bond acceptors (Lipinski definition) is 10. The van der Waals surface area contributed by atoms with Gasteiger partial charge in [-0.05, 0) is 120 Å². The number of amides is 2. The fourth-order valence-electron chi connectivity index (χ4n) is 7.03. The zero-order valence-electron chi connectivity index (χ0n) is 31.1. The van der Waals surface area contributed by atoms with Crippen molar-refractivity contribution in [1.82, 2.24) is 20.2 Å². The van der Waals surface area contributed by atoms with Crippen LogP contribution in [0.4, 0.5) is 27.5 Å². The van der Waals surface area contributed by atoms with Crippen LogP contribution in [0.1, 0.15) is 87.5 Å². The van der Waals surface area contributed by atoms with E-state index in [0.717, 1.165) is 37.1 Å². The van der Waals surface area contributed by atoms with Crippen LogP contribution in [0.25, 0.3) is 0 Å². The molecule has 3 aromatic carbocycles. The summed E-state index contributed by atoms with van der Waals surface area (Å²) in [7, 11) is -3.58. The van der Waals surface area contributed by atoms with Crippen molar-refractivity contribution >= 4 is 56.4 Å². The van der Waals surface area contributed by atoms with Crippen molar-refractivity contribution in [2.24, 2.45) is 0 Å². The molecule has 0 radical (unpaired) electrons. The van der Waals surface area contributed by atoms with Crippen molar-refractivity contribution in [3.63, 3.8) is 0 Å². The number of carbonyl (C=O) groups excluding carboxylic acids is 2. The normalized spacial score (nSPS) is 17.2. The number of imide groups is 1. The molecule has 0 saturated carbocycles. The van der Waals surface area contributed by atoms with Crippen LogP contribution < -0.4 is 20.7 Å². The average molecular weight is 777 g/mol. The summed E-state index contributed by atoms with van der Waals surface area (Å²) < 4.78 is 47.5. The second kappa shape index (κ2) is 16.4. The van der Waals surface area contributed by atoms with Crippen LogP contribution in [0.5, 0.6) is 5.75 Å². The van der Waals surface area contributed by atoms with E-state index < -0.39 is 32.7 Å². The Hall–Kier alpha value is -4.59. The van der Waals surface area contributed by atoms with Crippen LogP contribution in [0.2, 0.25) is 5.02 Å². The van der Waals surface area contributed by atoms with Gasteiger partial charge in [0.05, 0.1) is 39.7 Å². The van der Waals surface area contributed by atoms with Crippen molar-refractivity contribution in [2.45, 2.75) is 94.9 Å². The highest BCUT2D eigenvalue weighted by Gasteiger charge is 2.30. The van der Waals surface area contributed by atoms with E-state index >= 15 is 4.39 Å². The van der Waals surface area contributed by atoms with Crippen LogP contribution in [-0.2, 0) is 26.0 Å². The van der Waals surface area contributed by atoms with Crippen LogP contribution in [0.3, 0.4) is 0 Å². The first kappa shape index (κ1) is 39.1. The van der Waals surface area contributed by atoms with E-state index in [1.165, 1.54) is 17.8 Å². The highest BCUT2D eigenvalue weighted by Crippen LogP contribution is 2.39. The number of aromatic nitrogens is 2. The maximum Gasteiger partial charge on any atom is 0.234 e. The van der Waals surface area contributed by atoms with Crippen molar-refractivity contribution < 1.29 is 27.1 Å². The third kappa shape index (κ3) is 8.85. The largest absolute Gasteiger partial charge is 0.489 e. The van der Waals surface area contributed by atoms with E-state index in [1.54, 1.807) is 44.2 Å². The van der Waals surface area contributed by atoms with Gasteiger partial charge in [-0.15, -0.1) is 0 Å². The third-order valence-electron chi connectivity index (χ3n) is 9.90. The van der Waals surface area contributed by atoms with Crippen molar-refractivity contribution in [2.75, 3.05) is 23.7 Å². The number of rotatable bonds is 12. The Morgan fingerprint density at radius 3 is 2.41 bits per heavy atom. The maximum absolute atomic E-state index is 15.2. The van der Waals surface area contributed by atoms with E-state index in [1.807, 2.05) is 26.0 Å².